The smallest absolute Gasteiger partial charge is 0.259 e. The summed E-state index contributed by atoms with van der Waals surface area (Å²) in [4.78, 5) is 15.3. The Bertz CT molecular complexity index is 1000. The molecule has 1 amide bonds. The number of rotatable bonds is 3. The van der Waals surface area contributed by atoms with Crippen LogP contribution in [0.3, 0.4) is 0 Å². The summed E-state index contributed by atoms with van der Waals surface area (Å²) in [6.07, 6.45) is 4.54. The van der Waals surface area contributed by atoms with Gasteiger partial charge in [-0.2, -0.15) is 4.31 Å². The van der Waals surface area contributed by atoms with E-state index in [1.807, 2.05) is 18.2 Å². The van der Waals surface area contributed by atoms with Crippen LogP contribution in [0.25, 0.3) is 0 Å². The van der Waals surface area contributed by atoms with Crippen molar-refractivity contribution in [2.24, 2.45) is 0 Å². The quantitative estimate of drug-likeness (QED) is 0.685. The molecule has 2 aromatic carbocycles. The molecule has 2 heterocycles. The molecule has 1 saturated heterocycles. The van der Waals surface area contributed by atoms with Crippen LogP contribution in [-0.2, 0) is 16.4 Å². The van der Waals surface area contributed by atoms with Crippen LogP contribution in [0.4, 0.5) is 5.69 Å². The number of halogens is 1. The van der Waals surface area contributed by atoms with Crippen molar-refractivity contribution in [3.05, 3.63) is 58.1 Å². The molecule has 148 valence electrons. The molecule has 28 heavy (non-hydrogen) atoms. The first kappa shape index (κ1) is 19.6. The lowest BCUT2D eigenvalue weighted by Crippen LogP contribution is -2.39. The second-order valence-corrected chi connectivity index (χ2v) is 10.1. The highest BCUT2D eigenvalue weighted by Gasteiger charge is 2.32. The van der Waals surface area contributed by atoms with E-state index in [1.54, 1.807) is 29.2 Å². The average Bonchev–Trinajstić information content (AvgIpc) is 2.73. The molecule has 2 aromatic rings. The summed E-state index contributed by atoms with van der Waals surface area (Å²) < 4.78 is 29.0. The van der Waals surface area contributed by atoms with Crippen LogP contribution >= 0.6 is 15.9 Å². The van der Waals surface area contributed by atoms with Gasteiger partial charge in [0.2, 0.25) is 10.0 Å². The molecule has 1 fully saturated rings. The van der Waals surface area contributed by atoms with Crippen molar-refractivity contribution in [1.29, 1.82) is 0 Å². The highest BCUT2D eigenvalue weighted by Crippen LogP contribution is 2.32. The minimum absolute atomic E-state index is 0.117. The molecule has 0 radical (unpaired) electrons. The van der Waals surface area contributed by atoms with Gasteiger partial charge in [-0.25, -0.2) is 8.42 Å². The number of carbonyl (C=O) groups is 1. The molecule has 0 N–H and O–H groups in total. The lowest BCUT2D eigenvalue weighted by Gasteiger charge is -2.31. The molecule has 0 saturated carbocycles. The number of piperidine rings is 1. The van der Waals surface area contributed by atoms with Gasteiger partial charge >= 0.3 is 0 Å². The predicted octanol–water partition coefficient (Wildman–Crippen LogP) is 4.22. The molecule has 2 aliphatic heterocycles. The Hall–Kier alpha value is -1.70. The second kappa shape index (κ2) is 7.97. The van der Waals surface area contributed by atoms with Gasteiger partial charge in [-0.1, -0.05) is 34.5 Å². The van der Waals surface area contributed by atoms with Crippen molar-refractivity contribution < 1.29 is 13.2 Å². The van der Waals surface area contributed by atoms with E-state index in [0.717, 1.165) is 47.8 Å². The number of amides is 1. The Morgan fingerprint density at radius 3 is 2.46 bits per heavy atom. The first-order chi connectivity index (χ1) is 13.5. The third-order valence-electron chi connectivity index (χ3n) is 5.46. The molecule has 4 rings (SSSR count). The number of nitrogens with zero attached hydrogens (tertiary/aromatic N) is 2. The zero-order valence-electron chi connectivity index (χ0n) is 15.6. The number of benzene rings is 2. The minimum Gasteiger partial charge on any atom is -0.308 e. The van der Waals surface area contributed by atoms with Gasteiger partial charge in [-0.05, 0) is 61.6 Å². The van der Waals surface area contributed by atoms with Crippen LogP contribution in [-0.4, -0.2) is 38.3 Å². The van der Waals surface area contributed by atoms with Crippen molar-refractivity contribution in [3.8, 4) is 0 Å². The molecule has 0 aromatic heterocycles. The van der Waals surface area contributed by atoms with E-state index in [0.29, 0.717) is 19.6 Å². The summed E-state index contributed by atoms with van der Waals surface area (Å²) in [6, 6.07) is 12.5. The second-order valence-electron chi connectivity index (χ2n) is 7.29. The molecule has 0 unspecified atom stereocenters. The fourth-order valence-electron chi connectivity index (χ4n) is 4.03. The Morgan fingerprint density at radius 1 is 0.929 bits per heavy atom. The largest absolute Gasteiger partial charge is 0.308 e. The normalized spacial score (nSPS) is 18.0. The van der Waals surface area contributed by atoms with Crippen molar-refractivity contribution in [3.63, 3.8) is 0 Å². The van der Waals surface area contributed by atoms with Crippen LogP contribution in [0.2, 0.25) is 0 Å². The summed E-state index contributed by atoms with van der Waals surface area (Å²) in [5.41, 5.74) is 2.22. The van der Waals surface area contributed by atoms with Crippen molar-refractivity contribution in [2.75, 3.05) is 24.5 Å². The SMILES string of the molecule is O=C(c1ccccc1S(=O)(=O)N1CCCCC1)N1CCCc2cc(Br)ccc21. The lowest BCUT2D eigenvalue weighted by atomic mass is 10.0. The molecule has 0 bridgehead atoms. The first-order valence-corrected chi connectivity index (χ1v) is 11.9. The third kappa shape index (κ3) is 3.63. The van der Waals surface area contributed by atoms with Crippen molar-refractivity contribution in [2.45, 2.75) is 37.0 Å². The maximum absolute atomic E-state index is 13.4. The number of hydrogen-bond acceptors (Lipinski definition) is 3. The fraction of sp³-hybridized carbons (Fsp3) is 0.381. The van der Waals surface area contributed by atoms with Gasteiger partial charge in [-0.3, -0.25) is 4.79 Å². The zero-order valence-corrected chi connectivity index (χ0v) is 18.0. The van der Waals surface area contributed by atoms with E-state index in [1.165, 1.54) is 4.31 Å². The van der Waals surface area contributed by atoms with Crippen molar-refractivity contribution >= 4 is 37.5 Å². The topological polar surface area (TPSA) is 57.7 Å². The molecule has 2 aliphatic rings. The van der Waals surface area contributed by atoms with Gasteiger partial charge in [0, 0.05) is 29.8 Å². The molecule has 7 heteroatoms. The van der Waals surface area contributed by atoms with Gasteiger partial charge in [-0.15, -0.1) is 0 Å². The van der Waals surface area contributed by atoms with Crippen LogP contribution in [0.5, 0.6) is 0 Å². The Morgan fingerprint density at radius 2 is 1.68 bits per heavy atom. The van der Waals surface area contributed by atoms with Gasteiger partial charge in [0.05, 0.1) is 10.5 Å². The summed E-state index contributed by atoms with van der Waals surface area (Å²) in [7, 11) is -3.68. The first-order valence-electron chi connectivity index (χ1n) is 9.68. The van der Waals surface area contributed by atoms with Gasteiger partial charge in [0.25, 0.3) is 5.91 Å². The lowest BCUT2D eigenvalue weighted by molar-refractivity contribution is 0.0981. The maximum atomic E-state index is 13.4. The van der Waals surface area contributed by atoms with E-state index in [9.17, 15) is 13.2 Å². The van der Waals surface area contributed by atoms with E-state index >= 15 is 0 Å². The summed E-state index contributed by atoms with van der Waals surface area (Å²) in [5, 5.41) is 0. The molecule has 0 atom stereocenters. The number of fused-ring (bicyclic) bond motifs is 1. The van der Waals surface area contributed by atoms with Crippen LogP contribution in [0.15, 0.2) is 51.8 Å². The van der Waals surface area contributed by atoms with Crippen LogP contribution in [0, 0.1) is 0 Å². The summed E-state index contributed by atoms with van der Waals surface area (Å²) in [6.45, 7) is 1.63. The highest BCUT2D eigenvalue weighted by molar-refractivity contribution is 9.10. The summed E-state index contributed by atoms with van der Waals surface area (Å²) >= 11 is 3.49. The molecule has 5 nitrogen and oxygen atoms in total. The molecular formula is C21H23BrN2O3S. The number of sulfonamides is 1. The molecule has 0 aliphatic carbocycles. The Balaban J connectivity index is 1.73. The Kier molecular flexibility index (Phi) is 5.58. The van der Waals surface area contributed by atoms with Crippen LogP contribution in [0.1, 0.15) is 41.6 Å². The van der Waals surface area contributed by atoms with Gasteiger partial charge in [0.15, 0.2) is 0 Å². The van der Waals surface area contributed by atoms with E-state index in [-0.39, 0.29) is 16.4 Å². The fourth-order valence-corrected chi connectivity index (χ4v) is 6.14. The number of carbonyl (C=O) groups excluding carboxylic acids is 1. The minimum atomic E-state index is -3.68. The van der Waals surface area contributed by atoms with Gasteiger partial charge in [0.1, 0.15) is 0 Å². The number of hydrogen-bond donors (Lipinski definition) is 0. The maximum Gasteiger partial charge on any atom is 0.259 e. The van der Waals surface area contributed by atoms with Crippen molar-refractivity contribution in [1.82, 2.24) is 4.31 Å². The van der Waals surface area contributed by atoms with E-state index in [2.05, 4.69) is 15.9 Å². The Labute approximate surface area is 174 Å². The zero-order chi connectivity index (χ0) is 19.7. The third-order valence-corrected chi connectivity index (χ3v) is 7.91. The van der Waals surface area contributed by atoms with E-state index < -0.39 is 10.0 Å². The standard InChI is InChI=1S/C21H23BrN2O3S/c22-17-10-11-19-16(15-17)7-6-14-24(19)21(25)18-8-2-3-9-20(18)28(26,27)23-12-4-1-5-13-23/h2-3,8-11,15H,1,4-7,12-14H2. The average molecular weight is 463 g/mol. The highest BCUT2D eigenvalue weighted by atomic mass is 79.9. The monoisotopic (exact) mass is 462 g/mol. The van der Waals surface area contributed by atoms with E-state index in [4.69, 9.17) is 0 Å². The number of anilines is 1. The summed E-state index contributed by atoms with van der Waals surface area (Å²) in [5.74, 6) is -0.251. The molecular weight excluding hydrogens is 440 g/mol. The van der Waals surface area contributed by atoms with Gasteiger partial charge < -0.3 is 4.90 Å². The van der Waals surface area contributed by atoms with Crippen LogP contribution < -0.4 is 4.90 Å². The predicted molar refractivity (Wildman–Crippen MR) is 113 cm³/mol. The number of aryl methyl sites for hydroxylation is 1. The molecule has 0 spiro atoms.